The molecule has 7 nitrogen and oxygen atoms in total. The van der Waals surface area contributed by atoms with Gasteiger partial charge in [0.2, 0.25) is 5.78 Å². The Morgan fingerprint density at radius 3 is 2.53 bits per heavy atom. The number of methoxy groups -OCH3 is 2. The minimum absolute atomic E-state index is 0.106. The summed E-state index contributed by atoms with van der Waals surface area (Å²) >= 11 is 1.53. The van der Waals surface area contributed by atoms with Crippen LogP contribution in [0, 0.1) is 6.92 Å². The molecule has 3 aromatic rings. The number of hydrogen-bond donors (Lipinski definition) is 0. The maximum atomic E-state index is 13.4. The maximum absolute atomic E-state index is 13.4. The lowest BCUT2D eigenvalue weighted by Crippen LogP contribution is -2.18. The number of Topliss-reactive ketones (excluding diaryl/α,β-unsaturated/α-hetero) is 1. The van der Waals surface area contributed by atoms with Gasteiger partial charge in [0, 0.05) is 31.3 Å². The Kier molecular flexibility index (Phi) is 7.41. The average molecular weight is 481 g/mol. The quantitative estimate of drug-likeness (QED) is 0.358. The predicted molar refractivity (Wildman–Crippen MR) is 131 cm³/mol. The van der Waals surface area contributed by atoms with Crippen LogP contribution in [0.1, 0.15) is 53.3 Å². The van der Waals surface area contributed by atoms with Gasteiger partial charge in [0.1, 0.15) is 27.6 Å². The Balaban J connectivity index is 1.58. The monoisotopic (exact) mass is 480 g/mol. The topological polar surface area (TPSA) is 83.7 Å². The molecule has 0 saturated carbocycles. The van der Waals surface area contributed by atoms with E-state index in [1.807, 2.05) is 57.2 Å². The Morgan fingerprint density at radius 1 is 1.15 bits per heavy atom. The molecule has 0 bridgehead atoms. The number of nitrogens with zero attached hydrogens (tertiary/aromatic N) is 2. The lowest BCUT2D eigenvalue weighted by molar-refractivity contribution is 0.0427. The molecule has 0 spiro atoms. The number of benzene rings is 1. The van der Waals surface area contributed by atoms with E-state index in [0.717, 1.165) is 38.0 Å². The van der Waals surface area contributed by atoms with Crippen molar-refractivity contribution >= 4 is 22.7 Å². The molecule has 2 atom stereocenters. The molecule has 1 aliphatic carbocycles. The molecule has 0 N–H and O–H groups in total. The van der Waals surface area contributed by atoms with E-state index < -0.39 is 6.10 Å². The van der Waals surface area contributed by atoms with Crippen molar-refractivity contribution in [3.8, 4) is 10.6 Å². The highest BCUT2D eigenvalue weighted by Gasteiger charge is 2.28. The van der Waals surface area contributed by atoms with Gasteiger partial charge in [-0.25, -0.2) is 0 Å². The highest BCUT2D eigenvalue weighted by atomic mass is 32.1. The third kappa shape index (κ3) is 4.89. The molecule has 8 heteroatoms. The van der Waals surface area contributed by atoms with E-state index in [9.17, 15) is 4.79 Å². The number of carbonyl (C=O) groups is 1. The third-order valence-corrected chi connectivity index (χ3v) is 6.70. The fraction of sp³-hybridized carbons (Fsp3) is 0.346. The molecule has 0 amide bonds. The molecule has 34 heavy (non-hydrogen) atoms. The second-order valence-corrected chi connectivity index (χ2v) is 9.14. The Hall–Kier alpha value is -3.07. The number of aryl methyl sites for hydroxylation is 1. The molecular formula is C26H28N2O5S. The smallest absolute Gasteiger partial charge is 0.231 e. The number of carbonyl (C=O) groups excluding carboxylic acids is 1. The van der Waals surface area contributed by atoms with E-state index in [-0.39, 0.29) is 17.6 Å². The second-order valence-electron chi connectivity index (χ2n) is 7.96. The van der Waals surface area contributed by atoms with Crippen LogP contribution in [0.15, 0.2) is 58.2 Å². The summed E-state index contributed by atoms with van der Waals surface area (Å²) in [7, 11) is 3.30. The first-order valence-electron chi connectivity index (χ1n) is 11.1. The van der Waals surface area contributed by atoms with Gasteiger partial charge in [-0.15, -0.1) is 10.2 Å². The Morgan fingerprint density at radius 2 is 1.91 bits per heavy atom. The molecule has 178 valence electrons. The SMILES string of the molecule is CCOC(C(=O)c1ccc(C2=CC(OC)=C(C)C(OC)C2)o1)c1ccc(-c2nnc(C)s2)cc1. The molecule has 1 aromatic carbocycles. The van der Waals surface area contributed by atoms with Gasteiger partial charge in [-0.05, 0) is 50.1 Å². The first-order chi connectivity index (χ1) is 16.4. The number of ketones is 1. The Bertz CT molecular complexity index is 1220. The normalized spacial score (nSPS) is 17.0. The average Bonchev–Trinajstić information content (AvgIpc) is 3.52. The van der Waals surface area contributed by atoms with Gasteiger partial charge in [-0.1, -0.05) is 35.6 Å². The molecule has 0 fully saturated rings. The van der Waals surface area contributed by atoms with E-state index in [2.05, 4.69) is 10.2 Å². The van der Waals surface area contributed by atoms with E-state index >= 15 is 0 Å². The minimum Gasteiger partial charge on any atom is -0.497 e. The van der Waals surface area contributed by atoms with Crippen LogP contribution < -0.4 is 0 Å². The van der Waals surface area contributed by atoms with Crippen molar-refractivity contribution in [2.24, 2.45) is 0 Å². The summed E-state index contributed by atoms with van der Waals surface area (Å²) in [5, 5.41) is 10.00. The van der Waals surface area contributed by atoms with Crippen molar-refractivity contribution in [1.82, 2.24) is 10.2 Å². The summed E-state index contributed by atoms with van der Waals surface area (Å²) in [5.41, 5.74) is 3.65. The highest BCUT2D eigenvalue weighted by Crippen LogP contribution is 2.34. The summed E-state index contributed by atoms with van der Waals surface area (Å²) in [6.07, 6.45) is 1.70. The van der Waals surface area contributed by atoms with Crippen LogP contribution in [0.2, 0.25) is 0 Å². The van der Waals surface area contributed by atoms with Gasteiger partial charge in [0.05, 0.1) is 13.2 Å². The summed E-state index contributed by atoms with van der Waals surface area (Å²) in [5.74, 6) is 1.38. The van der Waals surface area contributed by atoms with Crippen molar-refractivity contribution in [1.29, 1.82) is 0 Å². The number of rotatable bonds is 9. The largest absolute Gasteiger partial charge is 0.497 e. The van der Waals surface area contributed by atoms with E-state index in [1.165, 1.54) is 11.3 Å². The lowest BCUT2D eigenvalue weighted by Gasteiger charge is -2.24. The maximum Gasteiger partial charge on any atom is 0.231 e. The van der Waals surface area contributed by atoms with Gasteiger partial charge >= 0.3 is 0 Å². The molecule has 2 heterocycles. The van der Waals surface area contributed by atoms with Gasteiger partial charge in [0.25, 0.3) is 0 Å². The van der Waals surface area contributed by atoms with Gasteiger partial charge in [-0.2, -0.15) is 0 Å². The molecule has 2 aromatic heterocycles. The van der Waals surface area contributed by atoms with Crippen LogP contribution in [0.25, 0.3) is 16.1 Å². The van der Waals surface area contributed by atoms with E-state index in [4.69, 9.17) is 18.6 Å². The van der Waals surface area contributed by atoms with Crippen molar-refractivity contribution in [2.45, 2.75) is 39.4 Å². The zero-order valence-electron chi connectivity index (χ0n) is 20.0. The van der Waals surface area contributed by atoms with Gasteiger partial charge in [0.15, 0.2) is 5.76 Å². The van der Waals surface area contributed by atoms with Crippen LogP contribution in [0.4, 0.5) is 0 Å². The summed E-state index contributed by atoms with van der Waals surface area (Å²) in [6, 6.07) is 11.1. The lowest BCUT2D eigenvalue weighted by atomic mass is 9.93. The summed E-state index contributed by atoms with van der Waals surface area (Å²) in [4.78, 5) is 13.4. The predicted octanol–water partition coefficient (Wildman–Crippen LogP) is 5.79. The molecule has 0 saturated heterocycles. The first kappa shape index (κ1) is 24.1. The highest BCUT2D eigenvalue weighted by molar-refractivity contribution is 7.14. The fourth-order valence-electron chi connectivity index (χ4n) is 3.97. The van der Waals surface area contributed by atoms with E-state index in [0.29, 0.717) is 18.8 Å². The zero-order chi connectivity index (χ0) is 24.2. The third-order valence-electron chi connectivity index (χ3n) is 5.81. The van der Waals surface area contributed by atoms with Crippen LogP contribution in [0.5, 0.6) is 0 Å². The van der Waals surface area contributed by atoms with Crippen molar-refractivity contribution < 1.29 is 23.4 Å². The zero-order valence-corrected chi connectivity index (χ0v) is 20.8. The van der Waals surface area contributed by atoms with Gasteiger partial charge in [-0.3, -0.25) is 4.79 Å². The molecule has 0 radical (unpaired) electrons. The van der Waals surface area contributed by atoms with Crippen molar-refractivity contribution in [3.63, 3.8) is 0 Å². The van der Waals surface area contributed by atoms with Crippen LogP contribution in [-0.2, 0) is 14.2 Å². The standard InChI is InChI=1S/C26H28N2O5S/c1-6-32-25(17-7-9-18(10-8-17)26-28-27-16(3)34-26)24(29)21-12-11-20(33-21)19-13-22(30-4)15(2)23(14-19)31-5/h7-13,23,25H,6,14H2,1-5H3. The molecule has 0 aliphatic heterocycles. The minimum atomic E-state index is -0.766. The van der Waals surface area contributed by atoms with Gasteiger partial charge < -0.3 is 18.6 Å². The number of allylic oxidation sites excluding steroid dienone is 1. The second kappa shape index (κ2) is 10.5. The Labute approximate surface area is 203 Å². The summed E-state index contributed by atoms with van der Waals surface area (Å²) in [6.45, 7) is 6.17. The number of hydrogen-bond acceptors (Lipinski definition) is 8. The van der Waals surface area contributed by atoms with Crippen LogP contribution in [0.3, 0.4) is 0 Å². The van der Waals surface area contributed by atoms with Crippen molar-refractivity contribution in [2.75, 3.05) is 20.8 Å². The number of furan rings is 1. The summed E-state index contributed by atoms with van der Waals surface area (Å²) < 4.78 is 22.9. The van der Waals surface area contributed by atoms with Crippen LogP contribution in [-0.4, -0.2) is 42.9 Å². The van der Waals surface area contributed by atoms with Crippen molar-refractivity contribution in [3.05, 3.63) is 75.9 Å². The number of aromatic nitrogens is 2. The fourth-order valence-corrected chi connectivity index (χ4v) is 4.67. The number of ether oxygens (including phenoxy) is 3. The molecule has 4 rings (SSSR count). The molecular weight excluding hydrogens is 452 g/mol. The molecule has 2 unspecified atom stereocenters. The molecule has 1 aliphatic rings. The van der Waals surface area contributed by atoms with Crippen LogP contribution >= 0.6 is 11.3 Å². The first-order valence-corrected chi connectivity index (χ1v) is 11.9. The van der Waals surface area contributed by atoms with E-state index in [1.54, 1.807) is 20.3 Å².